The van der Waals surface area contributed by atoms with E-state index in [2.05, 4.69) is 11.2 Å². The molecule has 96 valence electrons. The molecule has 1 aromatic carbocycles. The number of hydrogen-bond acceptors (Lipinski definition) is 2. The third kappa shape index (κ3) is 3.48. The first kappa shape index (κ1) is 12.9. The lowest BCUT2D eigenvalue weighted by Gasteiger charge is -2.11. The second-order valence-corrected chi connectivity index (χ2v) is 4.56. The molecule has 1 aliphatic rings. The van der Waals surface area contributed by atoms with Gasteiger partial charge in [-0.1, -0.05) is 0 Å². The summed E-state index contributed by atoms with van der Waals surface area (Å²) in [7, 11) is 0. The Hall–Kier alpha value is -1.53. The first-order chi connectivity index (χ1) is 8.79. The highest BCUT2D eigenvalue weighted by Crippen LogP contribution is 2.28. The van der Waals surface area contributed by atoms with Crippen molar-refractivity contribution < 1.29 is 9.13 Å². The molecule has 0 amide bonds. The van der Waals surface area contributed by atoms with Gasteiger partial charge in [0.25, 0.3) is 0 Å². The van der Waals surface area contributed by atoms with Gasteiger partial charge < -0.3 is 10.1 Å². The standard InChI is InChI=1S/C15H18FNO/c1-2-3-4-5-8-17-11-14-10-12-9-13(16)6-7-15(12)18-14/h1,6-7,9,14,17H,3-5,8,10-11H2. The van der Waals surface area contributed by atoms with Crippen LogP contribution in [0.4, 0.5) is 4.39 Å². The zero-order chi connectivity index (χ0) is 12.8. The van der Waals surface area contributed by atoms with E-state index in [-0.39, 0.29) is 11.9 Å². The molecule has 0 saturated carbocycles. The number of rotatable bonds is 6. The van der Waals surface area contributed by atoms with Crippen molar-refractivity contribution in [1.29, 1.82) is 0 Å². The van der Waals surface area contributed by atoms with E-state index in [0.717, 1.165) is 50.1 Å². The summed E-state index contributed by atoms with van der Waals surface area (Å²) in [5, 5.41) is 3.35. The number of benzene rings is 1. The van der Waals surface area contributed by atoms with E-state index in [9.17, 15) is 4.39 Å². The van der Waals surface area contributed by atoms with Crippen LogP contribution in [-0.2, 0) is 6.42 Å². The van der Waals surface area contributed by atoms with Gasteiger partial charge in [-0.2, -0.15) is 0 Å². The number of hydrogen-bond donors (Lipinski definition) is 1. The average molecular weight is 247 g/mol. The summed E-state index contributed by atoms with van der Waals surface area (Å²) in [5.74, 6) is 3.25. The normalized spacial score (nSPS) is 17.0. The lowest BCUT2D eigenvalue weighted by molar-refractivity contribution is 0.227. The molecule has 2 nitrogen and oxygen atoms in total. The van der Waals surface area contributed by atoms with Crippen molar-refractivity contribution in [2.75, 3.05) is 13.1 Å². The van der Waals surface area contributed by atoms with Gasteiger partial charge >= 0.3 is 0 Å². The molecule has 0 radical (unpaired) electrons. The lowest BCUT2D eigenvalue weighted by Crippen LogP contribution is -2.30. The first-order valence-electron chi connectivity index (χ1n) is 6.39. The Labute approximate surface area is 108 Å². The van der Waals surface area contributed by atoms with Gasteiger partial charge in [-0.3, -0.25) is 0 Å². The van der Waals surface area contributed by atoms with E-state index in [0.29, 0.717) is 0 Å². The van der Waals surface area contributed by atoms with Gasteiger partial charge in [-0.25, -0.2) is 4.39 Å². The van der Waals surface area contributed by atoms with Gasteiger partial charge in [0.2, 0.25) is 0 Å². The molecule has 0 aliphatic carbocycles. The lowest BCUT2D eigenvalue weighted by atomic mass is 10.1. The van der Waals surface area contributed by atoms with Crippen LogP contribution in [0, 0.1) is 18.2 Å². The maximum Gasteiger partial charge on any atom is 0.123 e. The van der Waals surface area contributed by atoms with Crippen LogP contribution in [0.15, 0.2) is 18.2 Å². The predicted molar refractivity (Wildman–Crippen MR) is 70.1 cm³/mol. The molecule has 1 atom stereocenters. The summed E-state index contributed by atoms with van der Waals surface area (Å²) in [6, 6.07) is 4.70. The van der Waals surface area contributed by atoms with Gasteiger partial charge in [0.15, 0.2) is 0 Å². The van der Waals surface area contributed by atoms with Crippen LogP contribution in [0.2, 0.25) is 0 Å². The summed E-state index contributed by atoms with van der Waals surface area (Å²) in [4.78, 5) is 0. The van der Waals surface area contributed by atoms with Crippen molar-refractivity contribution >= 4 is 0 Å². The first-order valence-corrected chi connectivity index (χ1v) is 6.39. The quantitative estimate of drug-likeness (QED) is 0.616. The Bertz CT molecular complexity index is 439. The van der Waals surface area contributed by atoms with Gasteiger partial charge in [0, 0.05) is 24.9 Å². The maximum absolute atomic E-state index is 13.0. The van der Waals surface area contributed by atoms with Crippen LogP contribution in [0.1, 0.15) is 24.8 Å². The smallest absolute Gasteiger partial charge is 0.123 e. The molecule has 18 heavy (non-hydrogen) atoms. The van der Waals surface area contributed by atoms with Crippen LogP contribution in [0.3, 0.4) is 0 Å². The van der Waals surface area contributed by atoms with Crippen LogP contribution in [0.5, 0.6) is 5.75 Å². The molecule has 0 saturated heterocycles. The van der Waals surface area contributed by atoms with E-state index < -0.39 is 0 Å². The predicted octanol–water partition coefficient (Wildman–Crippen LogP) is 2.52. The topological polar surface area (TPSA) is 21.3 Å². The van der Waals surface area contributed by atoms with Crippen molar-refractivity contribution in [3.8, 4) is 18.1 Å². The summed E-state index contributed by atoms with van der Waals surface area (Å²) in [5.41, 5.74) is 0.967. The second-order valence-electron chi connectivity index (χ2n) is 4.56. The summed E-state index contributed by atoms with van der Waals surface area (Å²) >= 11 is 0. The Kier molecular flexibility index (Phi) is 4.60. The minimum Gasteiger partial charge on any atom is -0.488 e. The Balaban J connectivity index is 1.67. The van der Waals surface area contributed by atoms with Crippen LogP contribution < -0.4 is 10.1 Å². The van der Waals surface area contributed by atoms with Crippen LogP contribution >= 0.6 is 0 Å². The number of terminal acetylenes is 1. The zero-order valence-electron chi connectivity index (χ0n) is 10.4. The van der Waals surface area contributed by atoms with E-state index in [1.807, 2.05) is 0 Å². The van der Waals surface area contributed by atoms with Crippen molar-refractivity contribution in [1.82, 2.24) is 5.32 Å². The molecule has 1 heterocycles. The van der Waals surface area contributed by atoms with Gasteiger partial charge in [-0.05, 0) is 37.6 Å². The van der Waals surface area contributed by atoms with E-state index in [4.69, 9.17) is 11.2 Å². The summed E-state index contributed by atoms with van der Waals surface area (Å²) in [6.07, 6.45) is 9.06. The maximum atomic E-state index is 13.0. The zero-order valence-corrected chi connectivity index (χ0v) is 10.4. The van der Waals surface area contributed by atoms with Crippen molar-refractivity contribution in [2.45, 2.75) is 31.8 Å². The van der Waals surface area contributed by atoms with E-state index in [1.165, 1.54) is 6.07 Å². The molecular weight excluding hydrogens is 229 g/mol. The monoisotopic (exact) mass is 247 g/mol. The fraction of sp³-hybridized carbons (Fsp3) is 0.467. The van der Waals surface area contributed by atoms with Crippen LogP contribution in [0.25, 0.3) is 0 Å². The molecule has 1 unspecified atom stereocenters. The Morgan fingerprint density at radius 2 is 2.33 bits per heavy atom. The van der Waals surface area contributed by atoms with E-state index in [1.54, 1.807) is 12.1 Å². The minimum absolute atomic E-state index is 0.120. The molecule has 1 N–H and O–H groups in total. The van der Waals surface area contributed by atoms with Crippen molar-refractivity contribution in [3.05, 3.63) is 29.6 Å². The minimum atomic E-state index is -0.194. The number of nitrogens with one attached hydrogen (secondary N) is 1. The Morgan fingerprint density at radius 3 is 3.17 bits per heavy atom. The second kappa shape index (κ2) is 6.42. The highest BCUT2D eigenvalue weighted by atomic mass is 19.1. The van der Waals surface area contributed by atoms with Crippen molar-refractivity contribution in [2.24, 2.45) is 0 Å². The molecule has 3 heteroatoms. The third-order valence-corrected chi connectivity index (χ3v) is 3.06. The third-order valence-electron chi connectivity index (χ3n) is 3.06. The van der Waals surface area contributed by atoms with E-state index >= 15 is 0 Å². The highest BCUT2D eigenvalue weighted by Gasteiger charge is 2.22. The highest BCUT2D eigenvalue weighted by molar-refractivity contribution is 5.37. The largest absolute Gasteiger partial charge is 0.488 e. The number of ether oxygens (including phenoxy) is 1. The van der Waals surface area contributed by atoms with Gasteiger partial charge in [0.05, 0.1) is 0 Å². The SMILES string of the molecule is C#CCCCCNCC1Cc2cc(F)ccc2O1. The Morgan fingerprint density at radius 1 is 1.44 bits per heavy atom. The fourth-order valence-corrected chi connectivity index (χ4v) is 2.14. The average Bonchev–Trinajstić information content (AvgIpc) is 2.75. The summed E-state index contributed by atoms with van der Waals surface area (Å²) in [6.45, 7) is 1.75. The molecule has 0 bridgehead atoms. The van der Waals surface area contributed by atoms with Gasteiger partial charge in [0.1, 0.15) is 17.7 Å². The molecule has 1 aliphatic heterocycles. The molecule has 1 aromatic rings. The molecule has 0 fully saturated rings. The molecule has 0 spiro atoms. The number of fused-ring (bicyclic) bond motifs is 1. The van der Waals surface area contributed by atoms with Crippen LogP contribution in [-0.4, -0.2) is 19.2 Å². The van der Waals surface area contributed by atoms with Gasteiger partial charge in [-0.15, -0.1) is 12.3 Å². The van der Waals surface area contributed by atoms with Crippen molar-refractivity contribution in [3.63, 3.8) is 0 Å². The fourth-order valence-electron chi connectivity index (χ4n) is 2.14. The summed E-state index contributed by atoms with van der Waals surface area (Å²) < 4.78 is 18.8. The molecular formula is C15H18FNO. The number of halogens is 1. The molecule has 2 rings (SSSR count). The number of unbranched alkanes of at least 4 members (excludes halogenated alkanes) is 2. The molecule has 0 aromatic heterocycles.